The van der Waals surface area contributed by atoms with E-state index in [2.05, 4.69) is 53.1 Å². The number of carbonyl (C=O) groups is 5. The van der Waals surface area contributed by atoms with E-state index in [1.54, 1.807) is 20.0 Å². The maximum absolute atomic E-state index is 13.5. The van der Waals surface area contributed by atoms with Crippen LogP contribution in [0.3, 0.4) is 0 Å². The number of carboxylic acid groups (broad SMARTS) is 1. The lowest BCUT2D eigenvalue weighted by Gasteiger charge is -2.22. The molecule has 2 fully saturated rings. The second-order valence-electron chi connectivity index (χ2n) is 27.0. The smallest absolute Gasteiger partial charge is 0.472 e. The molecule has 0 spiro atoms. The Morgan fingerprint density at radius 3 is 1.51 bits per heavy atom. The Morgan fingerprint density at radius 2 is 1.03 bits per heavy atom. The molecule has 4 aromatic heterocycles. The van der Waals surface area contributed by atoms with Crippen LogP contribution in [-0.4, -0.2) is 211 Å². The van der Waals surface area contributed by atoms with Crippen molar-refractivity contribution in [3.8, 4) is 0 Å². The quantitative estimate of drug-likeness (QED) is 0.110. The van der Waals surface area contributed by atoms with Crippen LogP contribution >= 0.6 is 7.82 Å². The van der Waals surface area contributed by atoms with Crippen LogP contribution in [0.25, 0.3) is 34.0 Å². The van der Waals surface area contributed by atoms with Crippen LogP contribution in [-0.2, 0) is 101 Å². The fourth-order valence-corrected chi connectivity index (χ4v) is 13.8. The third-order valence-electron chi connectivity index (χ3n) is 18.8. The van der Waals surface area contributed by atoms with Gasteiger partial charge in [0.2, 0.25) is 23.6 Å². The van der Waals surface area contributed by atoms with Crippen molar-refractivity contribution >= 4 is 71.4 Å². The molecule has 600 valence electrons. The van der Waals surface area contributed by atoms with Crippen molar-refractivity contribution in [3.63, 3.8) is 0 Å². The van der Waals surface area contributed by atoms with Gasteiger partial charge in [0.25, 0.3) is 11.1 Å². The number of aromatic nitrogens is 6. The summed E-state index contributed by atoms with van der Waals surface area (Å²) in [5, 5.41) is 26.5. The predicted octanol–water partition coefficient (Wildman–Crippen LogP) is 3.57. The number of aliphatic carboxylic acids is 1. The third kappa shape index (κ3) is 26.3. The van der Waals surface area contributed by atoms with Crippen LogP contribution < -0.4 is 54.8 Å². The summed E-state index contributed by atoms with van der Waals surface area (Å²) in [5.41, 5.74) is 8.56. The van der Waals surface area contributed by atoms with Gasteiger partial charge in [0.15, 0.2) is 0 Å². The topological polar surface area (TPSA) is 463 Å². The Bertz CT molecular complexity index is 4410. The maximum Gasteiger partial charge on any atom is 0.472 e. The Hall–Kier alpha value is -9.00. The van der Waals surface area contributed by atoms with Gasteiger partial charge in [-0.05, 0) is 98.1 Å². The number of carbonyl (C=O) groups excluding carboxylic acids is 4. The van der Waals surface area contributed by atoms with Crippen LogP contribution in [0, 0.1) is 5.92 Å². The highest BCUT2D eigenvalue weighted by Crippen LogP contribution is 2.50. The average Bonchev–Trinajstić information content (AvgIpc) is 1.66. The molecule has 35 heteroatoms. The van der Waals surface area contributed by atoms with Crippen molar-refractivity contribution in [1.82, 2.24) is 55.7 Å². The highest BCUT2D eigenvalue weighted by molar-refractivity contribution is 7.47. The molecule has 13 N–H and O–H groups in total. The molecule has 9 atom stereocenters. The second kappa shape index (κ2) is 43.6. The molecule has 110 heavy (non-hydrogen) atoms. The Morgan fingerprint density at radius 1 is 0.573 bits per heavy atom. The van der Waals surface area contributed by atoms with Gasteiger partial charge >= 0.3 is 25.2 Å². The van der Waals surface area contributed by atoms with Gasteiger partial charge in [-0.2, -0.15) is 0 Å². The summed E-state index contributed by atoms with van der Waals surface area (Å²) in [6.07, 6.45) is 11.1. The van der Waals surface area contributed by atoms with Crippen molar-refractivity contribution in [1.29, 1.82) is 0 Å². The molecular formula is C75H103N12O22P. The number of nitrogens with one attached hydrogen (secondary N) is 9. The van der Waals surface area contributed by atoms with E-state index in [9.17, 15) is 57.7 Å². The molecule has 4 amide bonds. The molecule has 2 saturated heterocycles. The molecular weight excluding hydrogens is 1450 g/mol. The number of carboxylic acids is 1. The number of amides is 4. The lowest BCUT2D eigenvalue weighted by molar-refractivity contribution is -0.139. The van der Waals surface area contributed by atoms with Gasteiger partial charge in [0.1, 0.15) is 18.5 Å². The standard InChI is InChI=1S/C75H103N12O22P/c1-4-60-61-42-68(107-60)87-46-53(72(93)85-75(87)97)18-20-64(89)78-24-12-28-103-32-36-104-33-29-100-25-7-5-21-79-65(90)40-50-13-9-15-56-54(43-81-69(50)56)38-58(76)49(3)83-59(73(94)95)39-55-44-82-70-51(14-10-16-57(55)70)41-66(91)80-22-6-8-26-101-30-34-105-35-31-102-27-11-23-77-63(88)19-17-52-45-86(74(96)84-71(52)92)67-37-48(2)62(108-67)47-106-110(98,99)109-61/h9-10,13-20,43-46,48,58-62,67-68,81-83H,3-8,11-12,21-42,47,76H2,1-2H3,(H,77,88)(H,78,89)(H,79,90)(H,80,91)(H,94,95)(H,98,99)(H,84,92,96)(H,85,93,97)/b19-17+,20-18+. The minimum absolute atomic E-state index is 0.0152. The van der Waals surface area contributed by atoms with E-state index in [1.165, 1.54) is 24.5 Å². The van der Waals surface area contributed by atoms with E-state index in [0.717, 1.165) is 71.8 Å². The van der Waals surface area contributed by atoms with Gasteiger partial charge in [-0.15, -0.1) is 0 Å². The Labute approximate surface area is 634 Å². The molecule has 2 aromatic carbocycles. The number of rotatable bonds is 2. The number of benzene rings is 2. The molecule has 9 unspecified atom stereocenters. The molecule has 3 aliphatic rings. The van der Waals surface area contributed by atoms with E-state index in [4.69, 9.17) is 52.7 Å². The number of para-hydroxylation sites is 2. The molecule has 9 rings (SSSR count). The maximum atomic E-state index is 13.5. The number of phosphoric ester groups is 1. The van der Waals surface area contributed by atoms with Gasteiger partial charge in [-0.25, -0.2) is 18.9 Å². The van der Waals surface area contributed by atoms with Gasteiger partial charge in [-0.3, -0.25) is 56.9 Å². The summed E-state index contributed by atoms with van der Waals surface area (Å²) in [6.45, 7) is 13.0. The number of H-pyrrole nitrogens is 4. The molecule has 34 nitrogen and oxygen atoms in total. The van der Waals surface area contributed by atoms with Crippen molar-refractivity contribution in [2.45, 2.75) is 140 Å². The summed E-state index contributed by atoms with van der Waals surface area (Å²) in [5.74, 6) is -2.71. The Balaban J connectivity index is 0.729. The Kier molecular flexibility index (Phi) is 33.7. The number of aromatic amines is 4. The highest BCUT2D eigenvalue weighted by atomic mass is 31.2. The first-order chi connectivity index (χ1) is 53.1. The largest absolute Gasteiger partial charge is 0.480 e. The molecule has 6 aromatic rings. The normalized spacial score (nSPS) is 25.9. The van der Waals surface area contributed by atoms with E-state index < -0.39 is 97.6 Å². The van der Waals surface area contributed by atoms with E-state index in [-0.39, 0.29) is 74.1 Å². The number of hydrogen-bond donors (Lipinski definition) is 12. The predicted molar refractivity (Wildman–Crippen MR) is 406 cm³/mol. The first-order valence-corrected chi connectivity index (χ1v) is 38.8. The minimum Gasteiger partial charge on any atom is -0.480 e. The summed E-state index contributed by atoms with van der Waals surface area (Å²) in [4.78, 5) is 138. The van der Waals surface area contributed by atoms with Gasteiger partial charge < -0.3 is 90.2 Å². The van der Waals surface area contributed by atoms with Crippen LogP contribution in [0.2, 0.25) is 0 Å². The molecule has 0 aliphatic carbocycles. The van der Waals surface area contributed by atoms with Crippen LogP contribution in [0.1, 0.15) is 117 Å². The monoisotopic (exact) mass is 1550 g/mol. The SMILES string of the molecule is C=C1NC(C(=O)O)Cc2c[nH]c3c(cccc23)CC(=O)NCCCCOCCOCCOCCCNC(=O)/C=C/c2cn(c(=O)[nH]c2=O)C2CC(C)C(COP(=O)(O)OC3CC(OC3CC)n3cc(c(=O)[nH]c3=O)/C=C/C(=O)NCCCOCCOCCOCCCCNC(=O)Cc3cccc4c(c[nH]c34)CC1N)O2. The number of fused-ring (bicyclic) bond motifs is 10. The van der Waals surface area contributed by atoms with E-state index in [1.807, 2.05) is 42.6 Å². The first kappa shape index (κ1) is 85.0. The lowest BCUT2D eigenvalue weighted by Crippen LogP contribution is -2.43. The van der Waals surface area contributed by atoms with Crippen molar-refractivity contribution in [2.75, 3.05) is 112 Å². The molecule has 3 aliphatic heterocycles. The summed E-state index contributed by atoms with van der Waals surface area (Å²) in [7, 11) is -4.84. The number of nitrogens with zero attached hydrogens (tertiary/aromatic N) is 2. The van der Waals surface area contributed by atoms with Crippen molar-refractivity contribution < 1.29 is 85.5 Å². The summed E-state index contributed by atoms with van der Waals surface area (Å²) in [6, 6.07) is 9.58. The third-order valence-corrected chi connectivity index (χ3v) is 19.8. The highest BCUT2D eigenvalue weighted by Gasteiger charge is 2.43. The van der Waals surface area contributed by atoms with Crippen LogP contribution in [0.5, 0.6) is 0 Å². The van der Waals surface area contributed by atoms with Gasteiger partial charge in [0.05, 0.1) is 102 Å². The summed E-state index contributed by atoms with van der Waals surface area (Å²) < 4.78 is 72.9. The summed E-state index contributed by atoms with van der Waals surface area (Å²) >= 11 is 0. The minimum atomic E-state index is -4.84. The molecule has 16 bridgehead atoms. The number of hydrogen-bond acceptors (Lipinski definition) is 22. The van der Waals surface area contributed by atoms with Crippen LogP contribution in [0.15, 0.2) is 105 Å². The zero-order chi connectivity index (χ0) is 78.4. The second-order valence-corrected chi connectivity index (χ2v) is 28.4. The van der Waals surface area contributed by atoms with Crippen LogP contribution in [0.4, 0.5) is 0 Å². The number of nitrogens with two attached hydrogens (primary N) is 1. The molecule has 7 heterocycles. The fraction of sp³-hybridized carbons (Fsp3) is 0.533. The van der Waals surface area contributed by atoms with Crippen molar-refractivity contribution in [3.05, 3.63) is 161 Å². The lowest BCUT2D eigenvalue weighted by atomic mass is 9.99. The van der Waals surface area contributed by atoms with Gasteiger partial charge in [-0.1, -0.05) is 56.8 Å². The van der Waals surface area contributed by atoms with Gasteiger partial charge in [0, 0.05) is 136 Å². The molecule has 0 saturated carbocycles. The number of phosphoric acid groups is 1. The number of ether oxygens (including phenoxy) is 8. The molecule has 0 radical (unpaired) electrons. The van der Waals surface area contributed by atoms with E-state index in [0.29, 0.717) is 143 Å². The van der Waals surface area contributed by atoms with E-state index >= 15 is 0 Å². The fourth-order valence-electron chi connectivity index (χ4n) is 12.8. The zero-order valence-corrected chi connectivity index (χ0v) is 63.0. The zero-order valence-electron chi connectivity index (χ0n) is 62.1. The first-order valence-electron chi connectivity index (χ1n) is 37.3. The average molecular weight is 1560 g/mol. The van der Waals surface area contributed by atoms with Crippen molar-refractivity contribution in [2.24, 2.45) is 11.7 Å².